The Kier molecular flexibility index (Phi) is 14.5. The van der Waals surface area contributed by atoms with Crippen LogP contribution in [0.4, 0.5) is 0 Å². The van der Waals surface area contributed by atoms with Crippen LogP contribution in [-0.4, -0.2) is 47.9 Å². The molecule has 0 atom stereocenters. The summed E-state index contributed by atoms with van der Waals surface area (Å²) in [7, 11) is 0. The van der Waals surface area contributed by atoms with E-state index < -0.39 is 22.3 Å². The third-order valence-electron chi connectivity index (χ3n) is 3.14. The van der Waals surface area contributed by atoms with Gasteiger partial charge in [0, 0.05) is 0 Å². The third kappa shape index (κ3) is 6.15. The normalized spacial score (nSPS) is 11.1. The first-order valence-electron chi connectivity index (χ1n) is 6.81. The van der Waals surface area contributed by atoms with E-state index in [9.17, 15) is 0 Å². The molecular formula is C12H31ClHfN3. The van der Waals surface area contributed by atoms with E-state index >= 15 is 0 Å². The molecule has 0 radical (unpaired) electrons. The molecule has 0 unspecified atom stereocenters. The van der Waals surface area contributed by atoms with Crippen LogP contribution in [-0.2, 0) is 22.3 Å². The maximum Gasteiger partial charge on any atom is -0.147 e. The van der Waals surface area contributed by atoms with Gasteiger partial charge in [-0.2, -0.15) is 0 Å². The summed E-state index contributed by atoms with van der Waals surface area (Å²) < 4.78 is 8.26. The number of halogens is 1. The zero-order valence-corrected chi connectivity index (χ0v) is 16.9. The van der Waals surface area contributed by atoms with Gasteiger partial charge in [-0.15, -0.1) is 12.4 Å². The van der Waals surface area contributed by atoms with E-state index in [1.807, 2.05) is 0 Å². The Labute approximate surface area is 124 Å². The molecule has 0 aliphatic rings. The molecule has 0 heterocycles. The van der Waals surface area contributed by atoms with Gasteiger partial charge in [-0.25, -0.2) is 0 Å². The van der Waals surface area contributed by atoms with Crippen LogP contribution in [0.3, 0.4) is 0 Å². The molecule has 0 fully saturated rings. The summed E-state index contributed by atoms with van der Waals surface area (Å²) in [5.74, 6) is 0. The SMILES string of the molecule is CC[N](CC)[Hf]([N](CC)CC)[N](CC)CC.Cl. The molecule has 105 valence electrons. The first-order chi connectivity index (χ1) is 7.69. The summed E-state index contributed by atoms with van der Waals surface area (Å²) in [5.41, 5.74) is 0. The monoisotopic (exact) mass is 432 g/mol. The predicted molar refractivity (Wildman–Crippen MR) is 76.0 cm³/mol. The average molecular weight is 431 g/mol. The van der Waals surface area contributed by atoms with Gasteiger partial charge in [0.1, 0.15) is 0 Å². The van der Waals surface area contributed by atoms with E-state index in [2.05, 4.69) is 50.2 Å². The first-order valence-corrected chi connectivity index (χ1v) is 11.6. The predicted octanol–water partition coefficient (Wildman–Crippen LogP) is 2.80. The molecular weight excluding hydrogens is 400 g/mol. The molecule has 0 aliphatic carbocycles. The Bertz CT molecular complexity index is 131. The molecule has 0 aromatic heterocycles. The standard InChI is InChI=1S/3C4H10N.ClH.Hf/c3*1-3-5-4-2;;/h3*3-4H2,1-2H3;1H;/q3*-1;;+3. The van der Waals surface area contributed by atoms with Crippen molar-refractivity contribution >= 4 is 12.4 Å². The van der Waals surface area contributed by atoms with Gasteiger partial charge in [-0.05, 0) is 0 Å². The number of hydrogen-bond donors (Lipinski definition) is 0. The van der Waals surface area contributed by atoms with Gasteiger partial charge in [0.25, 0.3) is 0 Å². The van der Waals surface area contributed by atoms with E-state index in [0.717, 1.165) is 0 Å². The molecule has 0 saturated carbocycles. The van der Waals surface area contributed by atoms with E-state index in [0.29, 0.717) is 0 Å². The maximum atomic E-state index is 2.75. The first kappa shape index (κ1) is 20.4. The van der Waals surface area contributed by atoms with Crippen LogP contribution in [0.2, 0.25) is 0 Å². The second-order valence-corrected chi connectivity index (χ2v) is 12.8. The van der Waals surface area contributed by atoms with Gasteiger partial charge in [-0.1, -0.05) is 0 Å². The quantitative estimate of drug-likeness (QED) is 0.520. The fourth-order valence-corrected chi connectivity index (χ4v) is 12.5. The summed E-state index contributed by atoms with van der Waals surface area (Å²) in [5, 5.41) is 0. The minimum Gasteiger partial charge on any atom is -0.147 e. The Morgan fingerprint density at radius 2 is 0.706 bits per heavy atom. The molecule has 0 bridgehead atoms. The van der Waals surface area contributed by atoms with Crippen molar-refractivity contribution in [2.45, 2.75) is 41.5 Å². The minimum absolute atomic E-state index is 0. The van der Waals surface area contributed by atoms with Crippen LogP contribution in [0.5, 0.6) is 0 Å². The van der Waals surface area contributed by atoms with Crippen LogP contribution < -0.4 is 0 Å². The van der Waals surface area contributed by atoms with E-state index in [1.165, 1.54) is 39.3 Å². The largest absolute Gasteiger partial charge is 0.147 e. The van der Waals surface area contributed by atoms with Gasteiger partial charge < -0.3 is 0 Å². The minimum atomic E-state index is -1.91. The molecule has 0 spiro atoms. The van der Waals surface area contributed by atoms with Crippen molar-refractivity contribution in [2.24, 2.45) is 0 Å². The Morgan fingerprint density at radius 1 is 0.529 bits per heavy atom. The van der Waals surface area contributed by atoms with Gasteiger partial charge in [-0.3, -0.25) is 0 Å². The van der Waals surface area contributed by atoms with Crippen LogP contribution in [0.15, 0.2) is 0 Å². The molecule has 5 heteroatoms. The van der Waals surface area contributed by atoms with Gasteiger partial charge in [0.15, 0.2) is 0 Å². The van der Waals surface area contributed by atoms with Crippen molar-refractivity contribution in [2.75, 3.05) is 39.3 Å². The molecule has 0 aromatic carbocycles. The Morgan fingerprint density at radius 3 is 0.824 bits per heavy atom. The molecule has 3 nitrogen and oxygen atoms in total. The molecule has 0 aromatic rings. The van der Waals surface area contributed by atoms with E-state index in [-0.39, 0.29) is 12.4 Å². The van der Waals surface area contributed by atoms with Crippen LogP contribution in [0, 0.1) is 0 Å². The number of nitrogens with zero attached hydrogens (tertiary/aromatic N) is 3. The van der Waals surface area contributed by atoms with Crippen molar-refractivity contribution < 1.29 is 22.3 Å². The average Bonchev–Trinajstić information content (AvgIpc) is 2.33. The number of rotatable bonds is 9. The smallest absolute Gasteiger partial charge is 0.147 e. The molecule has 0 saturated heterocycles. The summed E-state index contributed by atoms with van der Waals surface area (Å²) in [6.45, 7) is 21.1. The summed E-state index contributed by atoms with van der Waals surface area (Å²) in [6, 6.07) is 0. The fourth-order valence-electron chi connectivity index (χ4n) is 2.12. The maximum absolute atomic E-state index is 2.75. The van der Waals surface area contributed by atoms with Crippen LogP contribution in [0.1, 0.15) is 41.5 Å². The number of hydrogen-bond acceptors (Lipinski definition) is 3. The van der Waals surface area contributed by atoms with Crippen molar-refractivity contribution in [3.8, 4) is 0 Å². The molecule has 0 aliphatic heterocycles. The Balaban J connectivity index is 0. The topological polar surface area (TPSA) is 9.72 Å². The second-order valence-electron chi connectivity index (χ2n) is 3.82. The van der Waals surface area contributed by atoms with Crippen molar-refractivity contribution in [1.29, 1.82) is 0 Å². The summed E-state index contributed by atoms with van der Waals surface area (Å²) >= 11 is -1.91. The molecule has 0 N–H and O–H groups in total. The van der Waals surface area contributed by atoms with Crippen LogP contribution >= 0.6 is 12.4 Å². The van der Waals surface area contributed by atoms with E-state index in [1.54, 1.807) is 0 Å². The van der Waals surface area contributed by atoms with Crippen molar-refractivity contribution in [3.63, 3.8) is 0 Å². The third-order valence-corrected chi connectivity index (χ3v) is 16.1. The van der Waals surface area contributed by atoms with E-state index in [4.69, 9.17) is 0 Å². The fraction of sp³-hybridized carbons (Fsp3) is 1.00. The van der Waals surface area contributed by atoms with Gasteiger partial charge >= 0.3 is 112 Å². The molecule has 17 heavy (non-hydrogen) atoms. The van der Waals surface area contributed by atoms with Gasteiger partial charge in [0.05, 0.1) is 0 Å². The van der Waals surface area contributed by atoms with Crippen LogP contribution in [0.25, 0.3) is 0 Å². The summed E-state index contributed by atoms with van der Waals surface area (Å²) in [6.07, 6.45) is 0. The zero-order valence-electron chi connectivity index (χ0n) is 12.5. The zero-order chi connectivity index (χ0) is 12.6. The van der Waals surface area contributed by atoms with Crippen molar-refractivity contribution in [1.82, 2.24) is 8.66 Å². The molecule has 0 rings (SSSR count). The second kappa shape index (κ2) is 12.1. The molecule has 0 amide bonds. The summed E-state index contributed by atoms with van der Waals surface area (Å²) in [4.78, 5) is 0. The Hall–Kier alpha value is 1.04. The van der Waals surface area contributed by atoms with Crippen molar-refractivity contribution in [3.05, 3.63) is 0 Å². The van der Waals surface area contributed by atoms with Gasteiger partial charge in [0.2, 0.25) is 0 Å².